The molecule has 1 fully saturated rings. The second-order valence-electron chi connectivity index (χ2n) is 6.59. The molecule has 0 bridgehead atoms. The highest BCUT2D eigenvalue weighted by atomic mass is 35.5. The summed E-state index contributed by atoms with van der Waals surface area (Å²) in [5, 5.41) is 4.90. The maximum absolute atomic E-state index is 13.6. The largest absolute Gasteiger partial charge is 0.322 e. The molecule has 3 amide bonds. The van der Waals surface area contributed by atoms with E-state index in [0.29, 0.717) is 18.5 Å². The Balaban J connectivity index is 1.81. The normalized spacial score (nSPS) is 19.3. The Hall–Kier alpha value is -2.44. The number of amides is 3. The van der Waals surface area contributed by atoms with Gasteiger partial charge in [-0.1, -0.05) is 42.3 Å². The van der Waals surface area contributed by atoms with Gasteiger partial charge in [-0.25, -0.2) is 4.39 Å². The summed E-state index contributed by atoms with van der Waals surface area (Å²) in [5.41, 5.74) is 0.397. The van der Waals surface area contributed by atoms with Crippen LogP contribution in [0.3, 0.4) is 0 Å². The lowest BCUT2D eigenvalue weighted by Gasteiger charge is -2.35. The van der Waals surface area contributed by atoms with Gasteiger partial charge in [-0.2, -0.15) is 0 Å². The third-order valence-electron chi connectivity index (χ3n) is 5.02. The lowest BCUT2D eigenvalue weighted by Crippen LogP contribution is -2.51. The van der Waals surface area contributed by atoms with E-state index in [4.69, 9.17) is 23.2 Å². The van der Waals surface area contributed by atoms with Crippen molar-refractivity contribution in [1.29, 1.82) is 0 Å². The molecule has 0 aliphatic carbocycles. The standard InChI is InChI=1S/C20H17Cl2FN2O3/c1-2-20(8-7-17(26)25-19(20)28)11-3-5-12(6-4-11)24-18(27)13-9-16(23)15(22)10-14(13)21/h3-6,9-10H,2,7-8H2,1H3,(H,24,27)(H,25,26,28). The fourth-order valence-electron chi connectivity index (χ4n) is 3.33. The second kappa shape index (κ2) is 7.89. The molecule has 5 nitrogen and oxygen atoms in total. The highest BCUT2D eigenvalue weighted by molar-refractivity contribution is 6.37. The Morgan fingerprint density at radius 3 is 2.46 bits per heavy atom. The summed E-state index contributed by atoms with van der Waals surface area (Å²) in [5.74, 6) is -1.91. The number of imide groups is 1. The zero-order valence-corrected chi connectivity index (χ0v) is 16.5. The summed E-state index contributed by atoms with van der Waals surface area (Å²) >= 11 is 11.6. The van der Waals surface area contributed by atoms with Crippen molar-refractivity contribution in [3.63, 3.8) is 0 Å². The second-order valence-corrected chi connectivity index (χ2v) is 7.40. The first-order valence-corrected chi connectivity index (χ1v) is 9.43. The SMILES string of the molecule is CCC1(c2ccc(NC(=O)c3cc(F)c(Cl)cc3Cl)cc2)CCC(=O)NC1=O. The molecule has 0 saturated carbocycles. The lowest BCUT2D eigenvalue weighted by atomic mass is 9.72. The number of hydrogen-bond acceptors (Lipinski definition) is 3. The average Bonchev–Trinajstić information content (AvgIpc) is 2.66. The van der Waals surface area contributed by atoms with E-state index in [1.54, 1.807) is 24.3 Å². The van der Waals surface area contributed by atoms with Crippen molar-refractivity contribution in [3.8, 4) is 0 Å². The smallest absolute Gasteiger partial charge is 0.257 e. The van der Waals surface area contributed by atoms with E-state index in [1.165, 1.54) is 6.07 Å². The van der Waals surface area contributed by atoms with Crippen LogP contribution in [0.5, 0.6) is 0 Å². The minimum Gasteiger partial charge on any atom is -0.322 e. The van der Waals surface area contributed by atoms with Crippen LogP contribution in [0.1, 0.15) is 42.1 Å². The molecule has 1 aliphatic rings. The van der Waals surface area contributed by atoms with Crippen molar-refractivity contribution in [2.75, 3.05) is 5.32 Å². The molecule has 1 unspecified atom stereocenters. The van der Waals surface area contributed by atoms with Crippen molar-refractivity contribution in [2.45, 2.75) is 31.6 Å². The van der Waals surface area contributed by atoms with Crippen LogP contribution in [0.4, 0.5) is 10.1 Å². The summed E-state index contributed by atoms with van der Waals surface area (Å²) in [4.78, 5) is 36.3. The first-order chi connectivity index (χ1) is 13.3. The molecule has 1 saturated heterocycles. The van der Waals surface area contributed by atoms with Crippen molar-refractivity contribution in [2.24, 2.45) is 0 Å². The number of nitrogens with one attached hydrogen (secondary N) is 2. The molecule has 1 aliphatic heterocycles. The number of anilines is 1. The molecule has 2 aromatic carbocycles. The van der Waals surface area contributed by atoms with Crippen LogP contribution in [0.25, 0.3) is 0 Å². The summed E-state index contributed by atoms with van der Waals surface area (Å²) in [6, 6.07) is 8.91. The van der Waals surface area contributed by atoms with Crippen molar-refractivity contribution < 1.29 is 18.8 Å². The molecular weight excluding hydrogens is 406 g/mol. The van der Waals surface area contributed by atoms with Gasteiger partial charge in [0.05, 0.1) is 21.0 Å². The van der Waals surface area contributed by atoms with Crippen LogP contribution in [0.15, 0.2) is 36.4 Å². The maximum atomic E-state index is 13.6. The summed E-state index contributed by atoms with van der Waals surface area (Å²) in [6.07, 6.45) is 1.25. The lowest BCUT2D eigenvalue weighted by molar-refractivity contribution is -0.138. The molecule has 146 valence electrons. The molecular formula is C20H17Cl2FN2O3. The third-order valence-corrected chi connectivity index (χ3v) is 5.62. The molecule has 28 heavy (non-hydrogen) atoms. The molecule has 3 rings (SSSR count). The quantitative estimate of drug-likeness (QED) is 0.563. The van der Waals surface area contributed by atoms with Crippen LogP contribution in [-0.4, -0.2) is 17.7 Å². The monoisotopic (exact) mass is 422 g/mol. The van der Waals surface area contributed by atoms with Gasteiger partial charge in [-0.3, -0.25) is 19.7 Å². The van der Waals surface area contributed by atoms with Crippen LogP contribution in [0, 0.1) is 5.82 Å². The van der Waals surface area contributed by atoms with Gasteiger partial charge in [0.2, 0.25) is 11.8 Å². The van der Waals surface area contributed by atoms with Gasteiger partial charge < -0.3 is 5.32 Å². The van der Waals surface area contributed by atoms with Crippen molar-refractivity contribution in [1.82, 2.24) is 5.32 Å². The fourth-order valence-corrected chi connectivity index (χ4v) is 3.80. The highest BCUT2D eigenvalue weighted by Crippen LogP contribution is 2.36. The maximum Gasteiger partial charge on any atom is 0.257 e. The van der Waals surface area contributed by atoms with E-state index in [0.717, 1.165) is 11.6 Å². The number of carbonyl (C=O) groups is 3. The van der Waals surface area contributed by atoms with Gasteiger partial charge in [0.15, 0.2) is 0 Å². The molecule has 0 radical (unpaired) electrons. The van der Waals surface area contributed by atoms with E-state index < -0.39 is 17.1 Å². The number of carbonyl (C=O) groups excluding carboxylic acids is 3. The Labute approximate surface area is 171 Å². The minimum absolute atomic E-state index is 0.0361. The van der Waals surface area contributed by atoms with Gasteiger partial charge in [0.1, 0.15) is 5.82 Å². The van der Waals surface area contributed by atoms with Crippen molar-refractivity contribution in [3.05, 3.63) is 63.4 Å². The van der Waals surface area contributed by atoms with Gasteiger partial charge in [-0.15, -0.1) is 0 Å². The summed E-state index contributed by atoms with van der Waals surface area (Å²) in [6.45, 7) is 1.89. The Morgan fingerprint density at radius 1 is 1.18 bits per heavy atom. The first-order valence-electron chi connectivity index (χ1n) is 8.67. The van der Waals surface area contributed by atoms with E-state index >= 15 is 0 Å². The zero-order chi connectivity index (χ0) is 20.5. The van der Waals surface area contributed by atoms with Crippen LogP contribution >= 0.6 is 23.2 Å². The van der Waals surface area contributed by atoms with E-state index in [1.807, 2.05) is 6.92 Å². The summed E-state index contributed by atoms with van der Waals surface area (Å²) < 4.78 is 13.6. The number of hydrogen-bond donors (Lipinski definition) is 2. The number of piperidine rings is 1. The average molecular weight is 423 g/mol. The Kier molecular flexibility index (Phi) is 5.72. The van der Waals surface area contributed by atoms with Crippen LogP contribution < -0.4 is 10.6 Å². The first kappa shape index (κ1) is 20.3. The molecule has 1 atom stereocenters. The molecule has 2 N–H and O–H groups in total. The third kappa shape index (κ3) is 3.75. The van der Waals surface area contributed by atoms with E-state index in [-0.39, 0.29) is 33.8 Å². The van der Waals surface area contributed by atoms with Crippen LogP contribution in [0.2, 0.25) is 10.0 Å². The van der Waals surface area contributed by atoms with Crippen LogP contribution in [-0.2, 0) is 15.0 Å². The molecule has 1 heterocycles. The topological polar surface area (TPSA) is 75.3 Å². The zero-order valence-electron chi connectivity index (χ0n) is 14.9. The Bertz CT molecular complexity index is 963. The van der Waals surface area contributed by atoms with Gasteiger partial charge in [0, 0.05) is 12.1 Å². The minimum atomic E-state index is -0.779. The number of benzene rings is 2. The highest BCUT2D eigenvalue weighted by Gasteiger charge is 2.42. The predicted octanol–water partition coefficient (Wildman–Crippen LogP) is 4.47. The fraction of sp³-hybridized carbons (Fsp3) is 0.250. The van der Waals surface area contributed by atoms with Gasteiger partial charge in [0.25, 0.3) is 5.91 Å². The van der Waals surface area contributed by atoms with Crippen molar-refractivity contribution >= 4 is 46.6 Å². The molecule has 8 heteroatoms. The van der Waals surface area contributed by atoms with Gasteiger partial charge in [-0.05, 0) is 42.7 Å². The molecule has 0 aromatic heterocycles. The molecule has 0 spiro atoms. The van der Waals surface area contributed by atoms with E-state index in [2.05, 4.69) is 10.6 Å². The number of halogens is 3. The summed E-state index contributed by atoms with van der Waals surface area (Å²) in [7, 11) is 0. The Morgan fingerprint density at radius 2 is 1.86 bits per heavy atom. The predicted molar refractivity (Wildman–Crippen MR) is 105 cm³/mol. The van der Waals surface area contributed by atoms with Gasteiger partial charge >= 0.3 is 0 Å². The van der Waals surface area contributed by atoms with E-state index in [9.17, 15) is 18.8 Å². The molecule has 2 aromatic rings. The number of rotatable bonds is 4.